The summed E-state index contributed by atoms with van der Waals surface area (Å²) in [6.45, 7) is 9.07. The van der Waals surface area contributed by atoms with E-state index in [-0.39, 0.29) is 0 Å². The van der Waals surface area contributed by atoms with E-state index in [1.54, 1.807) is 11.3 Å². The molecule has 1 aromatic heterocycles. The minimum atomic E-state index is 0.828. The zero-order valence-electron chi connectivity index (χ0n) is 11.1. The van der Waals surface area contributed by atoms with Gasteiger partial charge in [-0.15, -0.1) is 11.3 Å². The van der Waals surface area contributed by atoms with E-state index in [0.29, 0.717) is 0 Å². The Kier molecular flexibility index (Phi) is 4.54. The van der Waals surface area contributed by atoms with Gasteiger partial charge in [0.1, 0.15) is 5.01 Å². The highest BCUT2D eigenvalue weighted by Crippen LogP contribution is 2.22. The first kappa shape index (κ1) is 13.0. The van der Waals surface area contributed by atoms with Crippen LogP contribution in [0.1, 0.15) is 31.0 Å². The van der Waals surface area contributed by atoms with Gasteiger partial charge in [0.25, 0.3) is 0 Å². The molecule has 1 aliphatic heterocycles. The summed E-state index contributed by atoms with van der Waals surface area (Å²) in [7, 11) is 1.97. The van der Waals surface area contributed by atoms with Gasteiger partial charge in [0.2, 0.25) is 0 Å². The second-order valence-corrected chi connectivity index (χ2v) is 6.35. The number of hydrogen-bond donors (Lipinski definition) is 1. The van der Waals surface area contributed by atoms with Gasteiger partial charge in [-0.3, -0.25) is 4.90 Å². The summed E-state index contributed by atoms with van der Waals surface area (Å²) in [5.74, 6) is 1.66. The van der Waals surface area contributed by atoms with Crippen molar-refractivity contribution in [1.82, 2.24) is 15.2 Å². The molecule has 2 rings (SSSR count). The Balaban J connectivity index is 1.90. The number of nitrogens with one attached hydrogen (secondary N) is 1. The molecule has 0 spiro atoms. The number of hydrogen-bond acceptors (Lipinski definition) is 4. The first-order valence-corrected chi connectivity index (χ1v) is 7.35. The predicted molar refractivity (Wildman–Crippen MR) is 73.1 cm³/mol. The molecule has 17 heavy (non-hydrogen) atoms. The first-order chi connectivity index (χ1) is 8.17. The highest BCUT2D eigenvalue weighted by atomic mass is 32.1. The number of piperidine rings is 1. The molecule has 1 saturated heterocycles. The number of thiazole rings is 1. The molecule has 2 atom stereocenters. The Morgan fingerprint density at radius 1 is 1.41 bits per heavy atom. The van der Waals surface area contributed by atoms with Crippen LogP contribution in [-0.4, -0.2) is 30.0 Å². The standard InChI is InChI=1S/C13H23N3S/c1-10-4-11(2)7-16(6-10)8-12-9-17-13(15-12)5-14-3/h9-11,14H,4-8H2,1-3H3. The molecule has 3 nitrogen and oxygen atoms in total. The van der Waals surface area contributed by atoms with Crippen molar-refractivity contribution in [3.8, 4) is 0 Å². The van der Waals surface area contributed by atoms with E-state index in [9.17, 15) is 0 Å². The average molecular weight is 253 g/mol. The Morgan fingerprint density at radius 3 is 2.76 bits per heavy atom. The molecule has 2 unspecified atom stereocenters. The van der Waals surface area contributed by atoms with Gasteiger partial charge in [-0.1, -0.05) is 13.8 Å². The van der Waals surface area contributed by atoms with Gasteiger partial charge in [0.05, 0.1) is 5.69 Å². The predicted octanol–water partition coefficient (Wildman–Crippen LogP) is 2.34. The summed E-state index contributed by atoms with van der Waals surface area (Å²) >= 11 is 1.76. The van der Waals surface area contributed by atoms with Gasteiger partial charge in [0, 0.05) is 31.6 Å². The molecular weight excluding hydrogens is 230 g/mol. The molecule has 0 aliphatic carbocycles. The van der Waals surface area contributed by atoms with Crippen LogP contribution < -0.4 is 5.32 Å². The number of likely N-dealkylation sites (tertiary alicyclic amines) is 1. The van der Waals surface area contributed by atoms with Crippen molar-refractivity contribution in [3.63, 3.8) is 0 Å². The molecule has 0 aromatic carbocycles. The van der Waals surface area contributed by atoms with E-state index in [1.165, 1.54) is 30.2 Å². The Bertz CT molecular complexity index is 340. The van der Waals surface area contributed by atoms with Crippen LogP contribution in [0.25, 0.3) is 0 Å². The molecule has 4 heteroatoms. The van der Waals surface area contributed by atoms with E-state index in [0.717, 1.165) is 24.9 Å². The summed E-state index contributed by atoms with van der Waals surface area (Å²) in [6, 6.07) is 0. The molecule has 0 bridgehead atoms. The van der Waals surface area contributed by atoms with Crippen LogP contribution in [0.15, 0.2) is 5.38 Å². The van der Waals surface area contributed by atoms with Crippen molar-refractivity contribution >= 4 is 11.3 Å². The highest BCUT2D eigenvalue weighted by Gasteiger charge is 2.22. The normalized spacial score (nSPS) is 26.3. The van der Waals surface area contributed by atoms with Crippen LogP contribution in [0, 0.1) is 11.8 Å². The maximum absolute atomic E-state index is 4.66. The zero-order valence-corrected chi connectivity index (χ0v) is 11.9. The fraction of sp³-hybridized carbons (Fsp3) is 0.769. The molecule has 96 valence electrons. The Labute approximate surface area is 108 Å². The molecule has 0 radical (unpaired) electrons. The van der Waals surface area contributed by atoms with Crippen molar-refractivity contribution < 1.29 is 0 Å². The van der Waals surface area contributed by atoms with E-state index in [1.807, 2.05) is 7.05 Å². The minimum Gasteiger partial charge on any atom is -0.314 e. The molecule has 1 fully saturated rings. The van der Waals surface area contributed by atoms with Gasteiger partial charge < -0.3 is 5.32 Å². The van der Waals surface area contributed by atoms with Crippen LogP contribution >= 0.6 is 11.3 Å². The summed E-state index contributed by atoms with van der Waals surface area (Å²) in [5, 5.41) is 6.55. The Morgan fingerprint density at radius 2 is 2.12 bits per heavy atom. The zero-order chi connectivity index (χ0) is 12.3. The summed E-state index contributed by atoms with van der Waals surface area (Å²) in [5.41, 5.74) is 1.24. The summed E-state index contributed by atoms with van der Waals surface area (Å²) in [4.78, 5) is 7.21. The molecule has 1 aliphatic rings. The molecule has 1 N–H and O–H groups in total. The summed E-state index contributed by atoms with van der Waals surface area (Å²) in [6.07, 6.45) is 1.37. The van der Waals surface area contributed by atoms with Crippen molar-refractivity contribution in [2.24, 2.45) is 11.8 Å². The molecular formula is C13H23N3S. The lowest BCUT2D eigenvalue weighted by Gasteiger charge is -2.34. The van der Waals surface area contributed by atoms with E-state index >= 15 is 0 Å². The smallest absolute Gasteiger partial charge is 0.107 e. The SMILES string of the molecule is CNCc1nc(CN2CC(C)CC(C)C2)cs1. The van der Waals surface area contributed by atoms with E-state index in [4.69, 9.17) is 0 Å². The molecule has 2 heterocycles. The minimum absolute atomic E-state index is 0.828. The third kappa shape index (κ3) is 3.76. The molecule has 0 amide bonds. The number of rotatable bonds is 4. The first-order valence-electron chi connectivity index (χ1n) is 6.47. The summed E-state index contributed by atoms with van der Waals surface area (Å²) < 4.78 is 0. The van der Waals surface area contributed by atoms with Gasteiger partial charge in [0.15, 0.2) is 0 Å². The van der Waals surface area contributed by atoms with Crippen molar-refractivity contribution in [2.75, 3.05) is 20.1 Å². The number of nitrogens with zero attached hydrogens (tertiary/aromatic N) is 2. The van der Waals surface area contributed by atoms with Crippen LogP contribution in [-0.2, 0) is 13.1 Å². The van der Waals surface area contributed by atoms with Gasteiger partial charge in [-0.05, 0) is 25.3 Å². The Hall–Kier alpha value is -0.450. The monoisotopic (exact) mass is 253 g/mol. The fourth-order valence-electron chi connectivity index (χ4n) is 2.80. The van der Waals surface area contributed by atoms with E-state index in [2.05, 4.69) is 34.4 Å². The van der Waals surface area contributed by atoms with Gasteiger partial charge >= 0.3 is 0 Å². The lowest BCUT2D eigenvalue weighted by Crippen LogP contribution is -2.38. The van der Waals surface area contributed by atoms with Crippen LogP contribution in [0.4, 0.5) is 0 Å². The average Bonchev–Trinajstić information content (AvgIpc) is 2.64. The van der Waals surface area contributed by atoms with Crippen molar-refractivity contribution in [2.45, 2.75) is 33.4 Å². The lowest BCUT2D eigenvalue weighted by atomic mass is 9.92. The van der Waals surface area contributed by atoms with Crippen molar-refractivity contribution in [1.29, 1.82) is 0 Å². The molecule has 0 saturated carbocycles. The second-order valence-electron chi connectivity index (χ2n) is 5.40. The second kappa shape index (κ2) is 5.94. The quantitative estimate of drug-likeness (QED) is 0.893. The van der Waals surface area contributed by atoms with E-state index < -0.39 is 0 Å². The molecule has 1 aromatic rings. The van der Waals surface area contributed by atoms with Crippen LogP contribution in [0.3, 0.4) is 0 Å². The highest BCUT2D eigenvalue weighted by molar-refractivity contribution is 7.09. The topological polar surface area (TPSA) is 28.2 Å². The third-order valence-corrected chi connectivity index (χ3v) is 4.16. The largest absolute Gasteiger partial charge is 0.314 e. The maximum Gasteiger partial charge on any atom is 0.107 e. The van der Waals surface area contributed by atoms with Crippen molar-refractivity contribution in [3.05, 3.63) is 16.1 Å². The maximum atomic E-state index is 4.66. The third-order valence-electron chi connectivity index (χ3n) is 3.26. The van der Waals surface area contributed by atoms with Crippen LogP contribution in [0.2, 0.25) is 0 Å². The van der Waals surface area contributed by atoms with Crippen LogP contribution in [0.5, 0.6) is 0 Å². The fourth-order valence-corrected chi connectivity index (χ4v) is 3.60. The van der Waals surface area contributed by atoms with Gasteiger partial charge in [-0.25, -0.2) is 4.98 Å². The number of aromatic nitrogens is 1. The lowest BCUT2D eigenvalue weighted by molar-refractivity contribution is 0.133. The van der Waals surface area contributed by atoms with Gasteiger partial charge in [-0.2, -0.15) is 0 Å².